The normalized spacial score (nSPS) is 17.8. The van der Waals surface area contributed by atoms with Gasteiger partial charge in [-0.2, -0.15) is 0 Å². The summed E-state index contributed by atoms with van der Waals surface area (Å²) >= 11 is 0. The van der Waals surface area contributed by atoms with E-state index in [9.17, 15) is 9.59 Å². The van der Waals surface area contributed by atoms with Crippen molar-refractivity contribution < 1.29 is 9.53 Å². The monoisotopic (exact) mass is 356 g/mol. The number of fused-ring (bicyclic) bond motifs is 1. The van der Waals surface area contributed by atoms with Crippen LogP contribution in [0.2, 0.25) is 0 Å². The SMILES string of the molecule is Cn1c(C(=O)N2CCC(Oc3ccccn3)CC2)c2n(c1=O)CCCC2. The summed E-state index contributed by atoms with van der Waals surface area (Å²) in [7, 11) is 1.71. The van der Waals surface area contributed by atoms with Crippen molar-refractivity contribution in [2.45, 2.75) is 44.8 Å². The van der Waals surface area contributed by atoms with Crippen LogP contribution >= 0.6 is 0 Å². The molecule has 2 aromatic heterocycles. The molecule has 0 aliphatic carbocycles. The van der Waals surface area contributed by atoms with Crippen LogP contribution in [0.4, 0.5) is 0 Å². The number of piperidine rings is 1. The highest BCUT2D eigenvalue weighted by atomic mass is 16.5. The third-order valence-corrected chi connectivity index (χ3v) is 5.35. The first kappa shape index (κ1) is 16.9. The third kappa shape index (κ3) is 3.02. The molecule has 0 unspecified atom stereocenters. The maximum atomic E-state index is 13.1. The summed E-state index contributed by atoms with van der Waals surface area (Å²) in [6.07, 6.45) is 6.16. The van der Waals surface area contributed by atoms with Gasteiger partial charge in [0.1, 0.15) is 11.8 Å². The number of likely N-dealkylation sites (tertiary alicyclic amines) is 1. The van der Waals surface area contributed by atoms with Crippen LogP contribution in [0.15, 0.2) is 29.2 Å². The van der Waals surface area contributed by atoms with Gasteiger partial charge in [-0.15, -0.1) is 0 Å². The van der Waals surface area contributed by atoms with Crippen LogP contribution < -0.4 is 10.4 Å². The van der Waals surface area contributed by atoms with Gasteiger partial charge >= 0.3 is 5.69 Å². The molecular weight excluding hydrogens is 332 g/mol. The molecule has 4 rings (SSSR count). The van der Waals surface area contributed by atoms with Crippen molar-refractivity contribution in [1.29, 1.82) is 0 Å². The molecule has 7 heteroatoms. The Kier molecular flexibility index (Phi) is 4.53. The lowest BCUT2D eigenvalue weighted by molar-refractivity contribution is 0.0577. The van der Waals surface area contributed by atoms with Crippen LogP contribution in [0.5, 0.6) is 5.88 Å². The fourth-order valence-corrected chi connectivity index (χ4v) is 3.94. The Labute approximate surface area is 152 Å². The van der Waals surface area contributed by atoms with E-state index in [0.717, 1.165) is 44.3 Å². The lowest BCUT2D eigenvalue weighted by atomic mass is 10.0. The van der Waals surface area contributed by atoms with Crippen LogP contribution in [0.25, 0.3) is 0 Å². The predicted octanol–water partition coefficient (Wildman–Crippen LogP) is 1.60. The van der Waals surface area contributed by atoms with Crippen molar-refractivity contribution in [2.75, 3.05) is 13.1 Å². The molecule has 0 radical (unpaired) electrons. The van der Waals surface area contributed by atoms with Gasteiger partial charge in [-0.05, 0) is 25.3 Å². The summed E-state index contributed by atoms with van der Waals surface area (Å²) in [4.78, 5) is 31.5. The number of hydrogen-bond acceptors (Lipinski definition) is 4. The predicted molar refractivity (Wildman–Crippen MR) is 96.4 cm³/mol. The molecule has 7 nitrogen and oxygen atoms in total. The van der Waals surface area contributed by atoms with E-state index >= 15 is 0 Å². The smallest absolute Gasteiger partial charge is 0.328 e. The van der Waals surface area contributed by atoms with Crippen LogP contribution in [0.3, 0.4) is 0 Å². The van der Waals surface area contributed by atoms with E-state index in [1.165, 1.54) is 4.57 Å². The number of pyridine rings is 1. The second-order valence-corrected chi connectivity index (χ2v) is 7.02. The fourth-order valence-electron chi connectivity index (χ4n) is 3.94. The molecule has 1 saturated heterocycles. The molecule has 0 saturated carbocycles. The number of amides is 1. The maximum Gasteiger partial charge on any atom is 0.328 e. The zero-order valence-electron chi connectivity index (χ0n) is 15.1. The summed E-state index contributed by atoms with van der Waals surface area (Å²) in [5, 5.41) is 0. The lowest BCUT2D eigenvalue weighted by Crippen LogP contribution is -2.43. The van der Waals surface area contributed by atoms with E-state index in [0.29, 0.717) is 24.7 Å². The maximum absolute atomic E-state index is 13.1. The second kappa shape index (κ2) is 6.97. The van der Waals surface area contributed by atoms with Gasteiger partial charge in [-0.25, -0.2) is 9.78 Å². The number of ether oxygens (including phenoxy) is 1. The molecule has 26 heavy (non-hydrogen) atoms. The first-order valence-electron chi connectivity index (χ1n) is 9.30. The number of nitrogens with zero attached hydrogens (tertiary/aromatic N) is 4. The van der Waals surface area contributed by atoms with E-state index in [-0.39, 0.29) is 17.7 Å². The third-order valence-electron chi connectivity index (χ3n) is 5.35. The largest absolute Gasteiger partial charge is 0.474 e. The van der Waals surface area contributed by atoms with Gasteiger partial charge in [-0.1, -0.05) is 6.07 Å². The fraction of sp³-hybridized carbons (Fsp3) is 0.526. The van der Waals surface area contributed by atoms with Crippen LogP contribution in [0.1, 0.15) is 41.9 Å². The van der Waals surface area contributed by atoms with Gasteiger partial charge < -0.3 is 9.64 Å². The van der Waals surface area contributed by atoms with Gasteiger partial charge in [0.2, 0.25) is 5.88 Å². The molecule has 0 N–H and O–H groups in total. The summed E-state index contributed by atoms with van der Waals surface area (Å²) in [5.74, 6) is 0.595. The highest BCUT2D eigenvalue weighted by molar-refractivity contribution is 5.94. The first-order chi connectivity index (χ1) is 12.6. The minimum absolute atomic E-state index is 0.0310. The molecule has 2 aliphatic rings. The molecule has 0 atom stereocenters. The highest BCUT2D eigenvalue weighted by Gasteiger charge is 2.31. The summed E-state index contributed by atoms with van der Waals surface area (Å²) in [6.45, 7) is 1.99. The number of hydrogen-bond donors (Lipinski definition) is 0. The minimum atomic E-state index is -0.0728. The Balaban J connectivity index is 1.45. The molecule has 1 amide bonds. The molecule has 0 spiro atoms. The van der Waals surface area contributed by atoms with Crippen molar-refractivity contribution in [3.05, 3.63) is 46.3 Å². The zero-order chi connectivity index (χ0) is 18.1. The Hall–Kier alpha value is -2.57. The molecule has 0 bridgehead atoms. The minimum Gasteiger partial charge on any atom is -0.474 e. The number of aromatic nitrogens is 3. The number of rotatable bonds is 3. The van der Waals surface area contributed by atoms with Crippen molar-refractivity contribution in [3.8, 4) is 5.88 Å². The first-order valence-corrected chi connectivity index (χ1v) is 9.30. The molecule has 2 aromatic rings. The Morgan fingerprint density at radius 3 is 2.73 bits per heavy atom. The van der Waals surface area contributed by atoms with E-state index in [1.807, 2.05) is 23.1 Å². The summed E-state index contributed by atoms with van der Waals surface area (Å²) < 4.78 is 9.20. The molecular formula is C19H24N4O3. The highest BCUT2D eigenvalue weighted by Crippen LogP contribution is 2.22. The number of carbonyl (C=O) groups excluding carboxylic acids is 1. The Bertz CT molecular complexity index is 848. The van der Waals surface area contributed by atoms with Crippen molar-refractivity contribution in [1.82, 2.24) is 19.0 Å². The topological polar surface area (TPSA) is 69.4 Å². The van der Waals surface area contributed by atoms with Gasteiger partial charge in [-0.3, -0.25) is 13.9 Å². The molecule has 4 heterocycles. The van der Waals surface area contributed by atoms with Crippen molar-refractivity contribution in [3.63, 3.8) is 0 Å². The molecule has 0 aromatic carbocycles. The van der Waals surface area contributed by atoms with Crippen LogP contribution in [-0.2, 0) is 20.0 Å². The molecule has 2 aliphatic heterocycles. The van der Waals surface area contributed by atoms with Crippen LogP contribution in [-0.4, -0.2) is 44.1 Å². The Morgan fingerprint density at radius 2 is 2.00 bits per heavy atom. The van der Waals surface area contributed by atoms with E-state index < -0.39 is 0 Å². The standard InChI is InChI=1S/C19H24N4O3/c1-21-17(15-6-3-5-11-23(15)19(21)25)18(24)22-12-8-14(9-13-22)26-16-7-2-4-10-20-16/h2,4,7,10,14H,3,5-6,8-9,11-13H2,1H3. The number of imidazole rings is 1. The average molecular weight is 356 g/mol. The van der Waals surface area contributed by atoms with Gasteiger partial charge in [0.05, 0.1) is 5.69 Å². The van der Waals surface area contributed by atoms with E-state index in [4.69, 9.17) is 4.74 Å². The van der Waals surface area contributed by atoms with Crippen molar-refractivity contribution in [2.24, 2.45) is 7.05 Å². The van der Waals surface area contributed by atoms with Gasteiger partial charge in [0, 0.05) is 51.8 Å². The second-order valence-electron chi connectivity index (χ2n) is 7.02. The van der Waals surface area contributed by atoms with E-state index in [2.05, 4.69) is 4.98 Å². The average Bonchev–Trinajstić information content (AvgIpc) is 2.94. The quantitative estimate of drug-likeness (QED) is 0.838. The molecule has 1 fully saturated rings. The van der Waals surface area contributed by atoms with E-state index in [1.54, 1.807) is 17.8 Å². The Morgan fingerprint density at radius 1 is 1.19 bits per heavy atom. The lowest BCUT2D eigenvalue weighted by Gasteiger charge is -2.32. The van der Waals surface area contributed by atoms with Crippen LogP contribution in [0, 0.1) is 0 Å². The van der Waals surface area contributed by atoms with Crippen molar-refractivity contribution >= 4 is 5.91 Å². The zero-order valence-corrected chi connectivity index (χ0v) is 15.1. The number of carbonyl (C=O) groups is 1. The van der Waals surface area contributed by atoms with Gasteiger partial charge in [0.15, 0.2) is 0 Å². The summed E-state index contributed by atoms with van der Waals surface area (Å²) in [5.41, 5.74) is 1.40. The molecule has 138 valence electrons. The van der Waals surface area contributed by atoms with Gasteiger partial charge in [0.25, 0.3) is 5.91 Å². The summed E-state index contributed by atoms with van der Waals surface area (Å²) in [6, 6.07) is 5.61.